The first-order valence-electron chi connectivity index (χ1n) is 5.23. The lowest BCUT2D eigenvalue weighted by molar-refractivity contribution is 0.0549. The van der Waals surface area contributed by atoms with Gasteiger partial charge in [0.1, 0.15) is 0 Å². The van der Waals surface area contributed by atoms with Crippen LogP contribution < -0.4 is 0 Å². The number of hydrogen-bond donors (Lipinski definition) is 1. The fourth-order valence-corrected chi connectivity index (χ4v) is 2.14. The minimum absolute atomic E-state index is 0.0406. The maximum Gasteiger partial charge on any atom is 0.0565 e. The molecule has 0 unspecified atom stereocenters. The summed E-state index contributed by atoms with van der Waals surface area (Å²) >= 11 is 0. The number of aliphatic hydroxyl groups excluding tert-OH is 1. The number of rotatable bonds is 2. The fraction of sp³-hybridized carbons (Fsp3) is 1.00. The molecule has 0 spiro atoms. The lowest BCUT2D eigenvalue weighted by Crippen LogP contribution is -2.28. The van der Waals surface area contributed by atoms with Crippen molar-refractivity contribution in [2.45, 2.75) is 59.0 Å². The normalized spacial score (nSPS) is 27.0. The predicted octanol–water partition coefficient (Wildman–Crippen LogP) is 2.97. The third-order valence-electron chi connectivity index (χ3n) is 3.35. The Bertz CT molecular complexity index is 130. The van der Waals surface area contributed by atoms with Gasteiger partial charge in [0.2, 0.25) is 0 Å². The molecular weight excluding hydrogens is 148 g/mol. The molecule has 0 radical (unpaired) electrons. The van der Waals surface area contributed by atoms with Gasteiger partial charge in [0.25, 0.3) is 0 Å². The molecule has 1 rings (SSSR count). The van der Waals surface area contributed by atoms with E-state index in [9.17, 15) is 5.11 Å². The van der Waals surface area contributed by atoms with E-state index in [1.807, 2.05) is 0 Å². The highest BCUT2D eigenvalue weighted by Gasteiger charge is 2.29. The molecule has 0 aromatic rings. The standard InChI is InChI=1S/C11H22O/c1-4-10(12)9-5-7-11(2,3)8-6-9/h9-10,12H,4-8H2,1-3H3/t10-/m0/s1. The third-order valence-corrected chi connectivity index (χ3v) is 3.35. The van der Waals surface area contributed by atoms with Crippen molar-refractivity contribution < 1.29 is 5.11 Å². The van der Waals surface area contributed by atoms with Crippen LogP contribution in [0.2, 0.25) is 0 Å². The highest BCUT2D eigenvalue weighted by molar-refractivity contribution is 4.81. The number of aliphatic hydroxyl groups is 1. The van der Waals surface area contributed by atoms with Crippen LogP contribution in [0.5, 0.6) is 0 Å². The van der Waals surface area contributed by atoms with Gasteiger partial charge in [0.15, 0.2) is 0 Å². The number of hydrogen-bond acceptors (Lipinski definition) is 1. The molecule has 0 saturated heterocycles. The third kappa shape index (κ3) is 2.48. The van der Waals surface area contributed by atoms with Crippen molar-refractivity contribution in [3.05, 3.63) is 0 Å². The second kappa shape index (κ2) is 3.78. The van der Waals surface area contributed by atoms with Gasteiger partial charge in [-0.2, -0.15) is 0 Å². The van der Waals surface area contributed by atoms with Crippen LogP contribution in [-0.4, -0.2) is 11.2 Å². The Morgan fingerprint density at radius 1 is 1.33 bits per heavy atom. The molecule has 1 aliphatic carbocycles. The molecule has 1 saturated carbocycles. The van der Waals surface area contributed by atoms with Crippen molar-refractivity contribution in [3.8, 4) is 0 Å². The van der Waals surface area contributed by atoms with Crippen LogP contribution in [0, 0.1) is 11.3 Å². The van der Waals surface area contributed by atoms with Crippen molar-refractivity contribution in [2.75, 3.05) is 0 Å². The predicted molar refractivity (Wildman–Crippen MR) is 52.0 cm³/mol. The van der Waals surface area contributed by atoms with Crippen LogP contribution in [0.15, 0.2) is 0 Å². The average Bonchev–Trinajstić information content (AvgIpc) is 2.03. The van der Waals surface area contributed by atoms with Crippen molar-refractivity contribution in [3.63, 3.8) is 0 Å². The maximum absolute atomic E-state index is 9.65. The molecule has 1 nitrogen and oxygen atoms in total. The quantitative estimate of drug-likeness (QED) is 0.675. The molecule has 1 N–H and O–H groups in total. The van der Waals surface area contributed by atoms with Gasteiger partial charge in [-0.05, 0) is 43.4 Å². The van der Waals surface area contributed by atoms with Gasteiger partial charge >= 0.3 is 0 Å². The summed E-state index contributed by atoms with van der Waals surface area (Å²) in [5, 5.41) is 9.65. The van der Waals surface area contributed by atoms with Crippen LogP contribution in [0.3, 0.4) is 0 Å². The van der Waals surface area contributed by atoms with Gasteiger partial charge in [-0.3, -0.25) is 0 Å². The molecule has 0 aromatic carbocycles. The zero-order chi connectivity index (χ0) is 9.19. The summed E-state index contributed by atoms with van der Waals surface area (Å²) in [4.78, 5) is 0. The summed E-state index contributed by atoms with van der Waals surface area (Å²) in [7, 11) is 0. The van der Waals surface area contributed by atoms with Crippen LogP contribution in [0.4, 0.5) is 0 Å². The van der Waals surface area contributed by atoms with Crippen LogP contribution >= 0.6 is 0 Å². The Kier molecular flexibility index (Phi) is 3.16. The molecular formula is C11H22O. The Morgan fingerprint density at radius 2 is 1.83 bits per heavy atom. The minimum atomic E-state index is -0.0406. The van der Waals surface area contributed by atoms with E-state index in [0.29, 0.717) is 11.3 Å². The van der Waals surface area contributed by atoms with Crippen molar-refractivity contribution >= 4 is 0 Å². The largest absolute Gasteiger partial charge is 0.393 e. The lowest BCUT2D eigenvalue weighted by atomic mass is 9.71. The van der Waals surface area contributed by atoms with Gasteiger partial charge in [0.05, 0.1) is 6.10 Å². The summed E-state index contributed by atoms with van der Waals surface area (Å²) in [5.41, 5.74) is 0.532. The summed E-state index contributed by atoms with van der Waals surface area (Å²) in [6.45, 7) is 6.74. The molecule has 0 aliphatic heterocycles. The van der Waals surface area contributed by atoms with E-state index in [1.54, 1.807) is 0 Å². The zero-order valence-electron chi connectivity index (χ0n) is 8.64. The molecule has 1 fully saturated rings. The molecule has 0 amide bonds. The summed E-state index contributed by atoms with van der Waals surface area (Å²) in [6, 6.07) is 0. The van der Waals surface area contributed by atoms with E-state index in [2.05, 4.69) is 20.8 Å². The highest BCUT2D eigenvalue weighted by Crippen LogP contribution is 2.39. The van der Waals surface area contributed by atoms with Gasteiger partial charge in [-0.25, -0.2) is 0 Å². The maximum atomic E-state index is 9.65. The monoisotopic (exact) mass is 170 g/mol. The smallest absolute Gasteiger partial charge is 0.0565 e. The molecule has 0 heterocycles. The first kappa shape index (κ1) is 10.0. The van der Waals surface area contributed by atoms with E-state index >= 15 is 0 Å². The Morgan fingerprint density at radius 3 is 2.25 bits per heavy atom. The lowest BCUT2D eigenvalue weighted by Gasteiger charge is -2.36. The van der Waals surface area contributed by atoms with E-state index in [4.69, 9.17) is 0 Å². The molecule has 0 aromatic heterocycles. The minimum Gasteiger partial charge on any atom is -0.393 e. The Labute approximate surface area is 76.2 Å². The van der Waals surface area contributed by atoms with Crippen LogP contribution in [0.25, 0.3) is 0 Å². The topological polar surface area (TPSA) is 20.2 Å². The second-order valence-electron chi connectivity index (χ2n) is 4.98. The SMILES string of the molecule is CC[C@H](O)C1CCC(C)(C)CC1. The van der Waals surface area contributed by atoms with Crippen LogP contribution in [-0.2, 0) is 0 Å². The highest BCUT2D eigenvalue weighted by atomic mass is 16.3. The summed E-state index contributed by atoms with van der Waals surface area (Å²) < 4.78 is 0. The zero-order valence-corrected chi connectivity index (χ0v) is 8.64. The fourth-order valence-electron chi connectivity index (χ4n) is 2.14. The van der Waals surface area contributed by atoms with Gasteiger partial charge < -0.3 is 5.11 Å². The molecule has 72 valence electrons. The second-order valence-corrected chi connectivity index (χ2v) is 4.98. The van der Waals surface area contributed by atoms with Crippen molar-refractivity contribution in [1.29, 1.82) is 0 Å². The first-order valence-corrected chi connectivity index (χ1v) is 5.23. The van der Waals surface area contributed by atoms with Crippen molar-refractivity contribution in [2.24, 2.45) is 11.3 Å². The summed E-state index contributed by atoms with van der Waals surface area (Å²) in [6.07, 6.45) is 5.90. The van der Waals surface area contributed by atoms with E-state index in [0.717, 1.165) is 6.42 Å². The molecule has 12 heavy (non-hydrogen) atoms. The van der Waals surface area contributed by atoms with Crippen molar-refractivity contribution in [1.82, 2.24) is 0 Å². The molecule has 1 aliphatic rings. The Hall–Kier alpha value is -0.0400. The van der Waals surface area contributed by atoms with E-state index in [1.165, 1.54) is 25.7 Å². The van der Waals surface area contributed by atoms with Gasteiger partial charge in [-0.1, -0.05) is 20.8 Å². The first-order chi connectivity index (χ1) is 5.55. The van der Waals surface area contributed by atoms with E-state index in [-0.39, 0.29) is 6.10 Å². The average molecular weight is 170 g/mol. The molecule has 1 atom stereocenters. The van der Waals surface area contributed by atoms with Gasteiger partial charge in [-0.15, -0.1) is 0 Å². The molecule has 1 heteroatoms. The van der Waals surface area contributed by atoms with E-state index < -0.39 is 0 Å². The summed E-state index contributed by atoms with van der Waals surface area (Å²) in [5.74, 6) is 0.586. The van der Waals surface area contributed by atoms with Crippen LogP contribution in [0.1, 0.15) is 52.9 Å². The Balaban J connectivity index is 2.36. The molecule has 0 bridgehead atoms. The van der Waals surface area contributed by atoms with Gasteiger partial charge in [0, 0.05) is 0 Å².